The van der Waals surface area contributed by atoms with Gasteiger partial charge in [-0.25, -0.2) is 4.98 Å². The van der Waals surface area contributed by atoms with Crippen LogP contribution in [0.3, 0.4) is 0 Å². The number of nitrogens with zero attached hydrogens (tertiary/aromatic N) is 3. The van der Waals surface area contributed by atoms with E-state index in [9.17, 15) is 9.59 Å². The van der Waals surface area contributed by atoms with Crippen molar-refractivity contribution < 1.29 is 14.3 Å². The number of thiazole rings is 1. The van der Waals surface area contributed by atoms with Gasteiger partial charge in [-0.2, -0.15) is 0 Å². The maximum atomic E-state index is 13.0. The molecule has 0 aliphatic carbocycles. The predicted octanol–water partition coefficient (Wildman–Crippen LogP) is 4.39. The number of hydrogen-bond acceptors (Lipinski definition) is 5. The molecule has 6 nitrogen and oxygen atoms in total. The van der Waals surface area contributed by atoms with Gasteiger partial charge in [-0.05, 0) is 49.9 Å². The molecule has 1 aliphatic heterocycles. The van der Waals surface area contributed by atoms with Gasteiger partial charge in [0, 0.05) is 32.6 Å². The Bertz CT molecular complexity index is 1050. The van der Waals surface area contributed by atoms with Crippen molar-refractivity contribution in [1.82, 2.24) is 14.8 Å². The quantitative estimate of drug-likeness (QED) is 0.500. The van der Waals surface area contributed by atoms with Crippen molar-refractivity contribution >= 4 is 33.4 Å². The van der Waals surface area contributed by atoms with Gasteiger partial charge in [0.1, 0.15) is 5.75 Å². The van der Waals surface area contributed by atoms with E-state index in [-0.39, 0.29) is 11.8 Å². The Morgan fingerprint density at radius 2 is 1.72 bits per heavy atom. The third-order valence-electron chi connectivity index (χ3n) is 5.84. The minimum atomic E-state index is -0.0346. The topological polar surface area (TPSA) is 62.7 Å². The highest BCUT2D eigenvalue weighted by Gasteiger charge is 2.24. The minimum Gasteiger partial charge on any atom is -0.496 e. The van der Waals surface area contributed by atoms with Crippen LogP contribution in [0.2, 0.25) is 0 Å². The second-order valence-corrected chi connectivity index (χ2v) is 9.12. The maximum absolute atomic E-state index is 13.0. The summed E-state index contributed by atoms with van der Waals surface area (Å²) in [6, 6.07) is 15.5. The summed E-state index contributed by atoms with van der Waals surface area (Å²) in [4.78, 5) is 34.1. The third kappa shape index (κ3) is 5.27. The molecule has 1 aromatic heterocycles. The number of hydrogen-bond donors (Lipinski definition) is 0. The zero-order valence-electron chi connectivity index (χ0n) is 18.5. The lowest BCUT2D eigenvalue weighted by atomic mass is 10.1. The Labute approximate surface area is 192 Å². The van der Waals surface area contributed by atoms with Gasteiger partial charge < -0.3 is 14.5 Å². The highest BCUT2D eigenvalue weighted by Crippen LogP contribution is 2.23. The van der Waals surface area contributed by atoms with Crippen molar-refractivity contribution in [3.05, 3.63) is 59.1 Å². The molecule has 0 spiro atoms. The van der Waals surface area contributed by atoms with E-state index in [0.29, 0.717) is 43.9 Å². The summed E-state index contributed by atoms with van der Waals surface area (Å²) in [5.74, 6) is 0.733. The first-order valence-electron chi connectivity index (χ1n) is 11.2. The smallest absolute Gasteiger partial charge is 0.257 e. The fourth-order valence-electron chi connectivity index (χ4n) is 4.10. The third-order valence-corrected chi connectivity index (χ3v) is 6.94. The lowest BCUT2D eigenvalue weighted by molar-refractivity contribution is -0.131. The van der Waals surface area contributed by atoms with Gasteiger partial charge in [-0.15, -0.1) is 11.3 Å². The number of carbonyl (C=O) groups excluding carboxylic acids is 2. The van der Waals surface area contributed by atoms with E-state index in [2.05, 4.69) is 11.1 Å². The van der Waals surface area contributed by atoms with Crippen molar-refractivity contribution in [2.45, 2.75) is 32.1 Å². The van der Waals surface area contributed by atoms with Gasteiger partial charge in [-0.3, -0.25) is 9.59 Å². The van der Waals surface area contributed by atoms with E-state index in [0.717, 1.165) is 36.2 Å². The van der Waals surface area contributed by atoms with Crippen molar-refractivity contribution in [2.24, 2.45) is 0 Å². The summed E-state index contributed by atoms with van der Waals surface area (Å²) in [6.45, 7) is 2.48. The van der Waals surface area contributed by atoms with Crippen LogP contribution < -0.4 is 4.74 Å². The van der Waals surface area contributed by atoms with Crippen molar-refractivity contribution in [1.29, 1.82) is 0 Å². The van der Waals surface area contributed by atoms with Crippen LogP contribution in [0.15, 0.2) is 48.5 Å². The highest BCUT2D eigenvalue weighted by molar-refractivity contribution is 7.18. The van der Waals surface area contributed by atoms with Crippen molar-refractivity contribution in [2.75, 3.05) is 33.3 Å². The molecular formula is C25H29N3O3S. The molecule has 0 N–H and O–H groups in total. The number of para-hydroxylation sites is 2. The van der Waals surface area contributed by atoms with E-state index in [1.165, 1.54) is 4.70 Å². The van der Waals surface area contributed by atoms with Crippen LogP contribution in [0.5, 0.6) is 5.75 Å². The van der Waals surface area contributed by atoms with Crippen LogP contribution in [-0.4, -0.2) is 59.9 Å². The molecule has 32 heavy (non-hydrogen) atoms. The Morgan fingerprint density at radius 3 is 2.56 bits per heavy atom. The number of unbranched alkanes of at least 4 members (excludes halogenated alkanes) is 1. The summed E-state index contributed by atoms with van der Waals surface area (Å²) >= 11 is 1.74. The van der Waals surface area contributed by atoms with Crippen LogP contribution in [-0.2, 0) is 11.2 Å². The number of fused-ring (bicyclic) bond motifs is 1. The zero-order valence-corrected chi connectivity index (χ0v) is 19.3. The Hall–Kier alpha value is -2.93. The summed E-state index contributed by atoms with van der Waals surface area (Å²) in [5, 5.41) is 1.14. The standard InChI is InChI=1S/C25H29N3O3S/c1-31-21-11-4-2-9-19(21)25(30)28-16-8-15-27(17-18-28)24(29)14-7-6-13-23-26-20-10-3-5-12-22(20)32-23/h2-5,9-12H,6-8,13-18H2,1H3. The molecule has 0 bridgehead atoms. The first-order chi connectivity index (χ1) is 15.7. The summed E-state index contributed by atoms with van der Waals surface area (Å²) < 4.78 is 6.55. The van der Waals surface area contributed by atoms with Crippen molar-refractivity contribution in [3.63, 3.8) is 0 Å². The number of amides is 2. The van der Waals surface area contributed by atoms with Gasteiger partial charge >= 0.3 is 0 Å². The largest absolute Gasteiger partial charge is 0.496 e. The molecule has 0 atom stereocenters. The van der Waals surface area contributed by atoms with E-state index < -0.39 is 0 Å². The number of aromatic nitrogens is 1. The second-order valence-electron chi connectivity index (χ2n) is 8.01. The van der Waals surface area contributed by atoms with E-state index in [4.69, 9.17) is 4.74 Å². The first-order valence-corrected chi connectivity index (χ1v) is 12.0. The maximum Gasteiger partial charge on any atom is 0.257 e. The predicted molar refractivity (Wildman–Crippen MR) is 127 cm³/mol. The molecule has 1 fully saturated rings. The van der Waals surface area contributed by atoms with Crippen LogP contribution in [0.25, 0.3) is 10.2 Å². The Balaban J connectivity index is 1.24. The van der Waals surface area contributed by atoms with Crippen LogP contribution in [0, 0.1) is 0 Å². The number of ether oxygens (including phenoxy) is 1. The molecule has 7 heteroatoms. The van der Waals surface area contributed by atoms with E-state index in [1.807, 2.05) is 40.1 Å². The molecule has 4 rings (SSSR count). The SMILES string of the molecule is COc1ccccc1C(=O)N1CCCN(C(=O)CCCCc2nc3ccccc3s2)CC1. The minimum absolute atomic E-state index is 0.0346. The fraction of sp³-hybridized carbons (Fsp3) is 0.400. The molecule has 168 valence electrons. The molecule has 0 radical (unpaired) electrons. The second kappa shape index (κ2) is 10.6. The average Bonchev–Trinajstić information content (AvgIpc) is 3.08. The van der Waals surface area contributed by atoms with Crippen LogP contribution in [0.4, 0.5) is 0 Å². The summed E-state index contributed by atoms with van der Waals surface area (Å²) in [7, 11) is 1.58. The van der Waals surface area contributed by atoms with Crippen LogP contribution >= 0.6 is 11.3 Å². The van der Waals surface area contributed by atoms with E-state index in [1.54, 1.807) is 30.6 Å². The van der Waals surface area contributed by atoms with Gasteiger partial charge in [0.25, 0.3) is 5.91 Å². The van der Waals surface area contributed by atoms with Crippen molar-refractivity contribution in [3.8, 4) is 5.75 Å². The zero-order chi connectivity index (χ0) is 22.3. The molecule has 2 heterocycles. The number of carbonyl (C=O) groups is 2. The number of methoxy groups -OCH3 is 1. The van der Waals surface area contributed by atoms with Gasteiger partial charge in [0.15, 0.2) is 0 Å². The van der Waals surface area contributed by atoms with Gasteiger partial charge in [0.05, 0.1) is 27.9 Å². The lowest BCUT2D eigenvalue weighted by Crippen LogP contribution is -2.37. The number of aryl methyl sites for hydroxylation is 1. The van der Waals surface area contributed by atoms with Gasteiger partial charge in [0.2, 0.25) is 5.91 Å². The normalized spacial score (nSPS) is 14.4. The lowest BCUT2D eigenvalue weighted by Gasteiger charge is -2.23. The number of rotatable bonds is 7. The molecule has 2 aromatic carbocycles. The van der Waals surface area contributed by atoms with E-state index >= 15 is 0 Å². The Kier molecular flexibility index (Phi) is 7.37. The monoisotopic (exact) mass is 451 g/mol. The summed E-state index contributed by atoms with van der Waals surface area (Å²) in [6.07, 6.45) is 4.06. The molecule has 1 aliphatic rings. The molecule has 1 saturated heterocycles. The summed E-state index contributed by atoms with van der Waals surface area (Å²) in [5.41, 5.74) is 1.63. The highest BCUT2D eigenvalue weighted by atomic mass is 32.1. The first kappa shape index (κ1) is 22.3. The average molecular weight is 452 g/mol. The van der Waals surface area contributed by atoms with Gasteiger partial charge in [-0.1, -0.05) is 24.3 Å². The molecule has 2 amide bonds. The fourth-order valence-corrected chi connectivity index (χ4v) is 5.11. The molecule has 3 aromatic rings. The van der Waals surface area contributed by atoms with Crippen LogP contribution in [0.1, 0.15) is 41.0 Å². The number of benzene rings is 2. The molecule has 0 unspecified atom stereocenters. The molecular weight excluding hydrogens is 422 g/mol. The molecule has 0 saturated carbocycles. The Morgan fingerprint density at radius 1 is 0.969 bits per heavy atom.